The molecule has 124 valence electrons. The van der Waals surface area contributed by atoms with Crippen molar-refractivity contribution in [3.05, 3.63) is 11.6 Å². The largest absolute Gasteiger partial charge is 0.310 e. The highest BCUT2D eigenvalue weighted by Gasteiger charge is 2.39. The van der Waals surface area contributed by atoms with Crippen molar-refractivity contribution in [3.8, 4) is 0 Å². The van der Waals surface area contributed by atoms with Gasteiger partial charge in [0.2, 0.25) is 0 Å². The van der Waals surface area contributed by atoms with Crippen molar-refractivity contribution < 1.29 is 16.8 Å². The standard InChI is InChI=1S/C13H20N2O4S3/c1-5-14-11-6-9(4)21(16,17)13-10(11)7-12(20-13)22(18,19)15-8(2)3/h7,9,11,14H,5-6H2,1-4H3/t9-,11-/m0/s1. The van der Waals surface area contributed by atoms with Crippen LogP contribution in [-0.2, 0) is 19.9 Å². The first-order valence-electron chi connectivity index (χ1n) is 6.98. The number of nitrogens with one attached hydrogen (secondary N) is 1. The second-order valence-corrected chi connectivity index (χ2v) is 11.0. The summed E-state index contributed by atoms with van der Waals surface area (Å²) < 4.78 is 53.2. The molecule has 2 rings (SSSR count). The summed E-state index contributed by atoms with van der Waals surface area (Å²) >= 11 is 0.802. The van der Waals surface area contributed by atoms with Gasteiger partial charge in [0.05, 0.1) is 5.25 Å². The minimum absolute atomic E-state index is 0.0146. The lowest BCUT2D eigenvalue weighted by atomic mass is 10.1. The SMILES string of the molecule is CCN[C@H]1C[C@H](C)S(=O)(=O)c2sc(S(=O)(=O)N=C(C)C)cc21. The number of fused-ring (bicyclic) bond motifs is 1. The Morgan fingerprint density at radius 3 is 2.64 bits per heavy atom. The molecule has 0 spiro atoms. The second kappa shape index (κ2) is 6.03. The van der Waals surface area contributed by atoms with Crippen LogP contribution in [0.4, 0.5) is 0 Å². The van der Waals surface area contributed by atoms with Gasteiger partial charge in [-0.1, -0.05) is 6.92 Å². The summed E-state index contributed by atoms with van der Waals surface area (Å²) in [6.07, 6.45) is 0.440. The average molecular weight is 365 g/mol. The van der Waals surface area contributed by atoms with E-state index in [1.54, 1.807) is 20.8 Å². The zero-order chi connectivity index (χ0) is 16.7. The van der Waals surface area contributed by atoms with Crippen molar-refractivity contribution in [2.75, 3.05) is 6.54 Å². The Morgan fingerprint density at radius 1 is 1.45 bits per heavy atom. The molecule has 1 aliphatic rings. The highest BCUT2D eigenvalue weighted by molar-refractivity contribution is 7.96. The van der Waals surface area contributed by atoms with E-state index in [9.17, 15) is 16.8 Å². The van der Waals surface area contributed by atoms with E-state index in [2.05, 4.69) is 9.71 Å². The van der Waals surface area contributed by atoms with Crippen LogP contribution in [0.3, 0.4) is 0 Å². The lowest BCUT2D eigenvalue weighted by Crippen LogP contribution is -2.33. The van der Waals surface area contributed by atoms with Gasteiger partial charge < -0.3 is 5.32 Å². The van der Waals surface area contributed by atoms with Gasteiger partial charge in [0.1, 0.15) is 8.42 Å². The second-order valence-electron chi connectivity index (χ2n) is 5.52. The molecular formula is C13H20N2O4S3. The Labute approximate surface area is 135 Å². The monoisotopic (exact) mass is 364 g/mol. The maximum Gasteiger partial charge on any atom is 0.291 e. The van der Waals surface area contributed by atoms with E-state index in [0.29, 0.717) is 24.2 Å². The molecule has 0 saturated carbocycles. The van der Waals surface area contributed by atoms with Crippen LogP contribution in [-0.4, -0.2) is 34.3 Å². The lowest BCUT2D eigenvalue weighted by Gasteiger charge is -2.27. The third kappa shape index (κ3) is 3.12. The summed E-state index contributed by atoms with van der Waals surface area (Å²) in [5, 5.41) is 2.69. The van der Waals surface area contributed by atoms with Gasteiger partial charge in [-0.05, 0) is 39.8 Å². The Morgan fingerprint density at radius 2 is 2.09 bits per heavy atom. The summed E-state index contributed by atoms with van der Waals surface area (Å²) in [5.41, 5.74) is 0.957. The number of sulfone groups is 1. The molecule has 0 saturated heterocycles. The van der Waals surface area contributed by atoms with Crippen LogP contribution in [0.15, 0.2) is 18.9 Å². The predicted molar refractivity (Wildman–Crippen MR) is 88.0 cm³/mol. The molecule has 0 unspecified atom stereocenters. The van der Waals surface area contributed by atoms with Crippen LogP contribution in [0.2, 0.25) is 0 Å². The number of hydrogen-bond donors (Lipinski definition) is 1. The van der Waals surface area contributed by atoms with Gasteiger partial charge in [-0.15, -0.1) is 11.3 Å². The maximum atomic E-state index is 12.5. The van der Waals surface area contributed by atoms with E-state index in [-0.39, 0.29) is 14.5 Å². The van der Waals surface area contributed by atoms with Crippen molar-refractivity contribution in [1.82, 2.24) is 5.32 Å². The fourth-order valence-corrected chi connectivity index (χ4v) is 7.49. The van der Waals surface area contributed by atoms with Crippen LogP contribution < -0.4 is 5.32 Å². The smallest absolute Gasteiger partial charge is 0.291 e. The molecule has 1 aromatic heterocycles. The van der Waals surface area contributed by atoms with Gasteiger partial charge in [0, 0.05) is 17.3 Å². The van der Waals surface area contributed by atoms with E-state index >= 15 is 0 Å². The minimum atomic E-state index is -3.85. The number of sulfonamides is 1. The van der Waals surface area contributed by atoms with Crippen LogP contribution in [0, 0.1) is 0 Å². The summed E-state index contributed by atoms with van der Waals surface area (Å²) in [7, 11) is -7.32. The van der Waals surface area contributed by atoms with Crippen molar-refractivity contribution in [1.29, 1.82) is 0 Å². The van der Waals surface area contributed by atoms with Gasteiger partial charge in [-0.2, -0.15) is 12.8 Å². The maximum absolute atomic E-state index is 12.5. The molecule has 2 atom stereocenters. The third-order valence-electron chi connectivity index (χ3n) is 3.44. The van der Waals surface area contributed by atoms with Gasteiger partial charge in [-0.3, -0.25) is 0 Å². The highest BCUT2D eigenvalue weighted by Crippen LogP contribution is 2.43. The zero-order valence-electron chi connectivity index (χ0n) is 13.0. The fraction of sp³-hybridized carbons (Fsp3) is 0.615. The Balaban J connectivity index is 2.63. The Kier molecular flexibility index (Phi) is 4.82. The molecule has 0 aromatic carbocycles. The van der Waals surface area contributed by atoms with Crippen molar-refractivity contribution in [2.24, 2.45) is 4.40 Å². The van der Waals surface area contributed by atoms with Crippen LogP contribution in [0.5, 0.6) is 0 Å². The first kappa shape index (κ1) is 17.6. The van der Waals surface area contributed by atoms with Crippen molar-refractivity contribution >= 4 is 36.9 Å². The van der Waals surface area contributed by atoms with E-state index in [1.807, 2.05) is 6.92 Å². The van der Waals surface area contributed by atoms with Crippen LogP contribution in [0.1, 0.15) is 45.7 Å². The molecule has 22 heavy (non-hydrogen) atoms. The first-order chi connectivity index (χ1) is 10.1. The Hall–Kier alpha value is -0.770. The number of rotatable bonds is 4. The van der Waals surface area contributed by atoms with Crippen molar-refractivity contribution in [3.63, 3.8) is 0 Å². The Bertz CT molecular complexity index is 802. The quantitative estimate of drug-likeness (QED) is 0.826. The summed E-state index contributed by atoms with van der Waals surface area (Å²) in [6, 6.07) is 1.31. The molecule has 1 aromatic rings. The molecule has 0 bridgehead atoms. The van der Waals surface area contributed by atoms with E-state index < -0.39 is 25.1 Å². The molecule has 0 amide bonds. The van der Waals surface area contributed by atoms with Gasteiger partial charge in [-0.25, -0.2) is 8.42 Å². The normalized spacial score (nSPS) is 23.8. The van der Waals surface area contributed by atoms with E-state index in [0.717, 1.165) is 11.3 Å². The summed E-state index contributed by atoms with van der Waals surface area (Å²) in [5.74, 6) is 0. The lowest BCUT2D eigenvalue weighted by molar-refractivity contribution is 0.477. The third-order valence-corrected chi connectivity index (χ3v) is 9.25. The topological polar surface area (TPSA) is 92.7 Å². The summed E-state index contributed by atoms with van der Waals surface area (Å²) in [4.78, 5) is 0. The molecule has 9 heteroatoms. The molecule has 0 fully saturated rings. The summed E-state index contributed by atoms with van der Waals surface area (Å²) in [6.45, 7) is 7.45. The number of hydrogen-bond acceptors (Lipinski definition) is 6. The van der Waals surface area contributed by atoms with Crippen LogP contribution in [0.25, 0.3) is 0 Å². The molecular weight excluding hydrogens is 344 g/mol. The van der Waals surface area contributed by atoms with Gasteiger partial charge >= 0.3 is 0 Å². The molecule has 0 aliphatic carbocycles. The minimum Gasteiger partial charge on any atom is -0.310 e. The highest BCUT2D eigenvalue weighted by atomic mass is 32.3. The van der Waals surface area contributed by atoms with Gasteiger partial charge in [0.25, 0.3) is 10.0 Å². The van der Waals surface area contributed by atoms with Gasteiger partial charge in [0.15, 0.2) is 9.84 Å². The number of thiophene rings is 1. The molecule has 1 N–H and O–H groups in total. The number of nitrogens with zero attached hydrogens (tertiary/aromatic N) is 1. The van der Waals surface area contributed by atoms with Crippen molar-refractivity contribution in [2.45, 2.75) is 53.8 Å². The zero-order valence-corrected chi connectivity index (χ0v) is 15.4. The molecule has 6 nitrogen and oxygen atoms in total. The first-order valence-corrected chi connectivity index (χ1v) is 10.8. The molecule has 2 heterocycles. The molecule has 0 radical (unpaired) electrons. The van der Waals surface area contributed by atoms with E-state index in [4.69, 9.17) is 0 Å². The molecule has 1 aliphatic heterocycles. The average Bonchev–Trinajstić information content (AvgIpc) is 2.82. The predicted octanol–water partition coefficient (Wildman–Crippen LogP) is 2.13. The fourth-order valence-electron chi connectivity index (χ4n) is 2.45. The van der Waals surface area contributed by atoms with E-state index in [1.165, 1.54) is 6.07 Å². The van der Waals surface area contributed by atoms with Crippen LogP contribution >= 0.6 is 11.3 Å².